The Labute approximate surface area is 80.8 Å². The first kappa shape index (κ1) is 9.14. The Hall–Kier alpha value is 0.570. The summed E-state index contributed by atoms with van der Waals surface area (Å²) >= 11 is 4.91. The fourth-order valence-corrected chi connectivity index (χ4v) is 2.24. The molecule has 0 aromatic carbocycles. The molecule has 1 rings (SSSR count). The van der Waals surface area contributed by atoms with E-state index in [0.29, 0.717) is 19.0 Å². The van der Waals surface area contributed by atoms with Crippen LogP contribution in [0.15, 0.2) is 0 Å². The van der Waals surface area contributed by atoms with Gasteiger partial charge in [-0.1, -0.05) is 11.8 Å². The lowest BCUT2D eigenvalue weighted by Crippen LogP contribution is -2.14. The van der Waals surface area contributed by atoms with E-state index >= 15 is 0 Å². The maximum absolute atomic E-state index is 9.41. The molecule has 70 valence electrons. The highest BCUT2D eigenvalue weighted by Gasteiger charge is 2.25. The Balaban J connectivity index is 2.34. The van der Waals surface area contributed by atoms with Crippen molar-refractivity contribution in [1.82, 2.24) is 0 Å². The normalized spacial score (nSPS) is 42.2. The van der Waals surface area contributed by atoms with Crippen molar-refractivity contribution in [2.45, 2.75) is 18.9 Å². The number of rotatable bonds is 3. The predicted octanol–water partition coefficient (Wildman–Crippen LogP) is 1.51. The number of ether oxygens (including phenoxy) is 1. The van der Waals surface area contributed by atoms with Crippen LogP contribution in [0.4, 0.5) is 0 Å². The van der Waals surface area contributed by atoms with Gasteiger partial charge in [0.1, 0.15) is 0 Å². The van der Waals surface area contributed by atoms with Gasteiger partial charge >= 0.3 is 0 Å². The topological polar surface area (TPSA) is 29.5 Å². The SMILES string of the molecule is [3H]C1C[C@@H]([CH])[C@@H](CCP(C)(O)=S)O1. The molecule has 1 fully saturated rings. The quantitative estimate of drug-likeness (QED) is 0.713. The average Bonchev–Trinajstić information content (AvgIpc) is 2.24. The molecule has 2 unspecified atom stereocenters. The zero-order chi connectivity index (χ0) is 10.1. The molecule has 1 aliphatic rings. The van der Waals surface area contributed by atoms with E-state index in [9.17, 15) is 4.89 Å². The zero-order valence-corrected chi connectivity index (χ0v) is 8.85. The maximum Gasteiger partial charge on any atom is 0.0611 e. The summed E-state index contributed by atoms with van der Waals surface area (Å²) in [4.78, 5) is 9.41. The molecule has 4 heteroatoms. The highest BCUT2D eigenvalue weighted by Crippen LogP contribution is 2.38. The molecular formula is C8H15O2PS. The van der Waals surface area contributed by atoms with Crippen LogP contribution in [0.2, 0.25) is 0 Å². The molecule has 0 amide bonds. The van der Waals surface area contributed by atoms with Gasteiger partial charge < -0.3 is 9.63 Å². The summed E-state index contributed by atoms with van der Waals surface area (Å²) < 4.78 is 12.6. The van der Waals surface area contributed by atoms with Crippen LogP contribution >= 0.6 is 6.26 Å². The third kappa shape index (κ3) is 3.53. The molecule has 0 aliphatic carbocycles. The third-order valence-corrected chi connectivity index (χ3v) is 3.58. The second-order valence-electron chi connectivity index (χ2n) is 3.30. The summed E-state index contributed by atoms with van der Waals surface area (Å²) in [5, 5.41) is 0. The van der Waals surface area contributed by atoms with Crippen molar-refractivity contribution >= 4 is 18.1 Å². The number of hydrogen-bond donors (Lipinski definition) is 1. The molecule has 1 aliphatic heterocycles. The minimum atomic E-state index is -2.13. The van der Waals surface area contributed by atoms with Crippen LogP contribution in [0, 0.1) is 12.8 Å². The highest BCUT2D eigenvalue weighted by atomic mass is 32.4. The van der Waals surface area contributed by atoms with Crippen molar-refractivity contribution in [2.75, 3.05) is 19.4 Å². The van der Waals surface area contributed by atoms with Gasteiger partial charge in [0, 0.05) is 12.7 Å². The van der Waals surface area contributed by atoms with Crippen molar-refractivity contribution < 1.29 is 11.0 Å². The van der Waals surface area contributed by atoms with E-state index in [1.165, 1.54) is 0 Å². The van der Waals surface area contributed by atoms with E-state index in [1.54, 1.807) is 6.66 Å². The van der Waals surface area contributed by atoms with Crippen LogP contribution in [-0.4, -0.2) is 30.4 Å². The minimum absolute atomic E-state index is 0.0657. The second-order valence-corrected chi connectivity index (χ2v) is 8.21. The standard InChI is InChI=1S/C8H15O2PS/c1-7-3-5-10-8(7)4-6-11(2,9)12/h1,7-8H,3-6H2,2H3,(H,9,12)/t7-,8-,11?/m1/s1/i5T/t5?,7-,8-,11?. The lowest BCUT2D eigenvalue weighted by molar-refractivity contribution is 0.0960. The summed E-state index contributed by atoms with van der Waals surface area (Å²) in [5.41, 5.74) is 0. The Morgan fingerprint density at radius 1 is 1.92 bits per heavy atom. The van der Waals surface area contributed by atoms with Crippen LogP contribution in [0.5, 0.6) is 0 Å². The first-order chi connectivity index (χ1) is 5.88. The van der Waals surface area contributed by atoms with Crippen molar-refractivity contribution in [1.29, 1.82) is 0 Å². The summed E-state index contributed by atoms with van der Waals surface area (Å²) in [6.07, 6.45) is -0.356. The first-order valence-electron chi connectivity index (χ1n) is 4.59. The van der Waals surface area contributed by atoms with Gasteiger partial charge in [0.25, 0.3) is 0 Å². The van der Waals surface area contributed by atoms with Gasteiger partial charge in [0.2, 0.25) is 0 Å². The fourth-order valence-electron chi connectivity index (χ4n) is 1.19. The lowest BCUT2D eigenvalue weighted by atomic mass is 10.0. The largest absolute Gasteiger partial charge is 0.378 e. The van der Waals surface area contributed by atoms with E-state index < -0.39 is 12.8 Å². The monoisotopic (exact) mass is 208 g/mol. The first-order valence-corrected chi connectivity index (χ1v) is 7.40. The van der Waals surface area contributed by atoms with Crippen molar-refractivity contribution in [2.24, 2.45) is 5.92 Å². The van der Waals surface area contributed by atoms with Gasteiger partial charge in [0.15, 0.2) is 0 Å². The smallest absolute Gasteiger partial charge is 0.0611 e. The van der Waals surface area contributed by atoms with Crippen LogP contribution in [-0.2, 0) is 16.5 Å². The van der Waals surface area contributed by atoms with E-state index in [0.717, 1.165) is 0 Å². The molecule has 0 aromatic rings. The van der Waals surface area contributed by atoms with Crippen molar-refractivity contribution in [3.8, 4) is 0 Å². The van der Waals surface area contributed by atoms with Crippen LogP contribution in [0.3, 0.4) is 0 Å². The van der Waals surface area contributed by atoms with E-state index in [-0.39, 0.29) is 12.0 Å². The van der Waals surface area contributed by atoms with E-state index in [4.69, 9.17) is 24.8 Å². The average molecular weight is 208 g/mol. The highest BCUT2D eigenvalue weighted by molar-refractivity contribution is 8.11. The Morgan fingerprint density at radius 2 is 2.58 bits per heavy atom. The summed E-state index contributed by atoms with van der Waals surface area (Å²) in [5.74, 6) is -0.0657. The molecular weight excluding hydrogens is 191 g/mol. The molecule has 0 saturated carbocycles. The second kappa shape index (κ2) is 4.19. The molecule has 12 heavy (non-hydrogen) atoms. The Morgan fingerprint density at radius 3 is 3.00 bits per heavy atom. The molecule has 0 spiro atoms. The van der Waals surface area contributed by atoms with E-state index in [2.05, 4.69) is 0 Å². The fraction of sp³-hybridized carbons (Fsp3) is 0.875. The minimum Gasteiger partial charge on any atom is -0.378 e. The van der Waals surface area contributed by atoms with Crippen LogP contribution in [0.1, 0.15) is 14.2 Å². The molecule has 2 nitrogen and oxygen atoms in total. The Bertz CT molecular complexity index is 218. The molecule has 4 atom stereocenters. The van der Waals surface area contributed by atoms with E-state index in [1.807, 2.05) is 0 Å². The molecule has 1 saturated heterocycles. The summed E-state index contributed by atoms with van der Waals surface area (Å²) in [6.45, 7) is 6.95. The van der Waals surface area contributed by atoms with Crippen molar-refractivity contribution in [3.05, 3.63) is 6.92 Å². The predicted molar refractivity (Wildman–Crippen MR) is 54.1 cm³/mol. The number of hydrogen-bond acceptors (Lipinski definition) is 2. The van der Waals surface area contributed by atoms with Crippen LogP contribution in [0.25, 0.3) is 0 Å². The molecule has 0 aromatic heterocycles. The Kier molecular flexibility index (Phi) is 3.19. The van der Waals surface area contributed by atoms with Gasteiger partial charge in [-0.2, -0.15) is 0 Å². The van der Waals surface area contributed by atoms with Crippen molar-refractivity contribution in [3.63, 3.8) is 0 Å². The maximum atomic E-state index is 9.41. The molecule has 1 N–H and O–H groups in total. The van der Waals surface area contributed by atoms with Crippen LogP contribution < -0.4 is 0 Å². The van der Waals surface area contributed by atoms with Gasteiger partial charge in [-0.15, -0.1) is 0 Å². The third-order valence-electron chi connectivity index (χ3n) is 1.95. The lowest BCUT2D eigenvalue weighted by Gasteiger charge is -2.16. The van der Waals surface area contributed by atoms with Gasteiger partial charge in [-0.3, -0.25) is 0 Å². The van der Waals surface area contributed by atoms with Gasteiger partial charge in [0.05, 0.1) is 13.7 Å². The summed E-state index contributed by atoms with van der Waals surface area (Å²) in [6, 6.07) is 0. The van der Waals surface area contributed by atoms with Gasteiger partial charge in [-0.25, -0.2) is 0 Å². The summed E-state index contributed by atoms with van der Waals surface area (Å²) in [7, 11) is 0. The zero-order valence-electron chi connectivity index (χ0n) is 8.14. The molecule has 2 radical (unpaired) electrons. The van der Waals surface area contributed by atoms with Gasteiger partial charge in [-0.05, 0) is 32.3 Å². The molecule has 0 bridgehead atoms. The molecule has 1 heterocycles.